The monoisotopic (exact) mass is 387 g/mol. The molecular weight excluding hydrogens is 362 g/mol. The fraction of sp³-hybridized carbons (Fsp3) is 0.500. The van der Waals surface area contributed by atoms with Crippen LogP contribution in [0.1, 0.15) is 44.2 Å². The average molecular weight is 387 g/mol. The number of unbranched alkanes of at least 4 members (excludes halogenated alkanes) is 1. The van der Waals surface area contributed by atoms with Crippen LogP contribution in [-0.2, 0) is 25.5 Å². The lowest BCUT2D eigenvalue weighted by Crippen LogP contribution is -2.61. The topological polar surface area (TPSA) is 111 Å². The average Bonchev–Trinajstić information content (AvgIpc) is 2.69. The molecule has 0 bridgehead atoms. The summed E-state index contributed by atoms with van der Waals surface area (Å²) in [5, 5.41) is 20.6. The molecule has 0 spiro atoms. The third-order valence-corrected chi connectivity index (χ3v) is 4.64. The molecular formula is C20H25N3O5. The van der Waals surface area contributed by atoms with Crippen LogP contribution in [0, 0.1) is 11.3 Å². The number of nitrogens with zero attached hydrogens (tertiary/aromatic N) is 3. The number of rotatable bonds is 8. The Balaban J connectivity index is 2.19. The van der Waals surface area contributed by atoms with E-state index in [2.05, 4.69) is 0 Å². The van der Waals surface area contributed by atoms with Crippen molar-refractivity contribution in [1.29, 1.82) is 5.26 Å². The van der Waals surface area contributed by atoms with Gasteiger partial charge in [-0.1, -0.05) is 25.5 Å². The standard InChI is InChI=1S/C20H25N3O5/c1-3-4-5-18(24)23(14(2)20(26)27)22-10-11-28-17(19(22)25)12-15-6-8-16(13-21)9-7-15/h6-9,14,17H,3-5,10-12H2,1-2H3,(H,26,27)/t14-,17?/m1/s1. The summed E-state index contributed by atoms with van der Waals surface area (Å²) in [7, 11) is 0. The molecule has 0 saturated carbocycles. The van der Waals surface area contributed by atoms with Gasteiger partial charge in [-0.25, -0.2) is 14.8 Å². The van der Waals surface area contributed by atoms with E-state index in [1.165, 1.54) is 11.9 Å². The third-order valence-electron chi connectivity index (χ3n) is 4.64. The first kappa shape index (κ1) is 21.4. The van der Waals surface area contributed by atoms with Crippen LogP contribution in [0.2, 0.25) is 0 Å². The van der Waals surface area contributed by atoms with Gasteiger partial charge < -0.3 is 9.84 Å². The first-order valence-electron chi connectivity index (χ1n) is 9.35. The molecule has 1 N–H and O–H groups in total. The molecule has 1 saturated heterocycles. The zero-order valence-electron chi connectivity index (χ0n) is 16.1. The van der Waals surface area contributed by atoms with Crippen LogP contribution >= 0.6 is 0 Å². The summed E-state index contributed by atoms with van der Waals surface area (Å²) in [5.74, 6) is -1.99. The van der Waals surface area contributed by atoms with Crippen molar-refractivity contribution in [3.05, 3.63) is 35.4 Å². The molecule has 1 fully saturated rings. The van der Waals surface area contributed by atoms with E-state index in [0.717, 1.165) is 17.0 Å². The van der Waals surface area contributed by atoms with Gasteiger partial charge in [0.2, 0.25) is 5.91 Å². The van der Waals surface area contributed by atoms with E-state index in [4.69, 9.17) is 10.00 Å². The number of hydrogen-bond acceptors (Lipinski definition) is 5. The number of hydrogen-bond donors (Lipinski definition) is 1. The quantitative estimate of drug-likeness (QED) is 0.727. The van der Waals surface area contributed by atoms with Crippen LogP contribution in [0.3, 0.4) is 0 Å². The van der Waals surface area contributed by atoms with E-state index >= 15 is 0 Å². The number of morpholine rings is 1. The number of carbonyl (C=O) groups is 3. The minimum absolute atomic E-state index is 0.123. The Hall–Kier alpha value is -2.92. The maximum absolute atomic E-state index is 13.0. The molecule has 1 aliphatic rings. The first-order valence-corrected chi connectivity index (χ1v) is 9.35. The number of amides is 2. The summed E-state index contributed by atoms with van der Waals surface area (Å²) in [4.78, 5) is 37.1. The molecule has 8 heteroatoms. The molecule has 0 aromatic heterocycles. The second kappa shape index (κ2) is 9.85. The lowest BCUT2D eigenvalue weighted by molar-refractivity contribution is -0.191. The van der Waals surface area contributed by atoms with E-state index in [9.17, 15) is 19.5 Å². The Bertz CT molecular complexity index is 756. The van der Waals surface area contributed by atoms with Gasteiger partial charge in [0.25, 0.3) is 5.91 Å². The van der Waals surface area contributed by atoms with Gasteiger partial charge >= 0.3 is 5.97 Å². The van der Waals surface area contributed by atoms with E-state index in [0.29, 0.717) is 12.0 Å². The highest BCUT2D eigenvalue weighted by Gasteiger charge is 2.39. The van der Waals surface area contributed by atoms with Crippen molar-refractivity contribution in [2.75, 3.05) is 13.2 Å². The first-order chi connectivity index (χ1) is 13.4. The minimum atomic E-state index is -1.17. The number of ether oxygens (including phenoxy) is 1. The number of carboxylic acid groups (broad SMARTS) is 1. The highest BCUT2D eigenvalue weighted by atomic mass is 16.5. The minimum Gasteiger partial charge on any atom is -0.480 e. The molecule has 1 aliphatic heterocycles. The van der Waals surface area contributed by atoms with Crippen LogP contribution < -0.4 is 0 Å². The maximum Gasteiger partial charge on any atom is 0.328 e. The van der Waals surface area contributed by atoms with Gasteiger partial charge in [0.1, 0.15) is 12.1 Å². The van der Waals surface area contributed by atoms with Crippen molar-refractivity contribution < 1.29 is 24.2 Å². The summed E-state index contributed by atoms with van der Waals surface area (Å²) in [6.45, 7) is 3.66. The van der Waals surface area contributed by atoms with Crippen molar-refractivity contribution in [2.24, 2.45) is 0 Å². The van der Waals surface area contributed by atoms with Gasteiger partial charge in [-0.15, -0.1) is 0 Å². The summed E-state index contributed by atoms with van der Waals surface area (Å²) < 4.78 is 5.59. The number of benzene rings is 1. The number of aliphatic carboxylic acids is 1. The number of carboxylic acids is 1. The highest BCUT2D eigenvalue weighted by Crippen LogP contribution is 2.19. The predicted octanol–water partition coefficient (Wildman–Crippen LogP) is 1.74. The maximum atomic E-state index is 13.0. The van der Waals surface area contributed by atoms with Crippen molar-refractivity contribution in [1.82, 2.24) is 10.0 Å². The number of hydrazine groups is 1. The van der Waals surface area contributed by atoms with Gasteiger partial charge in [-0.2, -0.15) is 5.26 Å². The highest BCUT2D eigenvalue weighted by molar-refractivity contribution is 5.88. The van der Waals surface area contributed by atoms with Crippen molar-refractivity contribution in [2.45, 2.75) is 51.7 Å². The Morgan fingerprint density at radius 2 is 2.07 bits per heavy atom. The van der Waals surface area contributed by atoms with E-state index in [1.54, 1.807) is 24.3 Å². The summed E-state index contributed by atoms with van der Waals surface area (Å²) in [6, 6.07) is 7.70. The van der Waals surface area contributed by atoms with Crippen LogP contribution in [0.15, 0.2) is 24.3 Å². The number of nitriles is 1. The van der Waals surface area contributed by atoms with Gasteiger partial charge in [-0.05, 0) is 31.0 Å². The van der Waals surface area contributed by atoms with Gasteiger partial charge in [0, 0.05) is 12.8 Å². The zero-order chi connectivity index (χ0) is 20.7. The normalized spacial score (nSPS) is 17.7. The predicted molar refractivity (Wildman–Crippen MR) is 99.8 cm³/mol. The molecule has 1 aromatic rings. The van der Waals surface area contributed by atoms with E-state index < -0.39 is 24.0 Å². The molecule has 8 nitrogen and oxygen atoms in total. The molecule has 1 heterocycles. The molecule has 2 amide bonds. The van der Waals surface area contributed by atoms with Crippen molar-refractivity contribution >= 4 is 17.8 Å². The lowest BCUT2D eigenvalue weighted by atomic mass is 10.0. The summed E-state index contributed by atoms with van der Waals surface area (Å²) in [6.07, 6.45) is 1.05. The largest absolute Gasteiger partial charge is 0.480 e. The zero-order valence-corrected chi connectivity index (χ0v) is 16.1. The Morgan fingerprint density at radius 1 is 1.39 bits per heavy atom. The van der Waals surface area contributed by atoms with Gasteiger partial charge in [-0.3, -0.25) is 9.59 Å². The summed E-state index contributed by atoms with van der Waals surface area (Å²) >= 11 is 0. The molecule has 0 radical (unpaired) electrons. The smallest absolute Gasteiger partial charge is 0.328 e. The van der Waals surface area contributed by atoms with Crippen LogP contribution in [-0.4, -0.2) is 58.2 Å². The molecule has 0 aliphatic carbocycles. The molecule has 1 unspecified atom stereocenters. The van der Waals surface area contributed by atoms with Crippen molar-refractivity contribution in [3.63, 3.8) is 0 Å². The number of carbonyl (C=O) groups excluding carboxylic acids is 2. The lowest BCUT2D eigenvalue weighted by Gasteiger charge is -2.41. The van der Waals surface area contributed by atoms with Gasteiger partial charge in [0.05, 0.1) is 24.8 Å². The van der Waals surface area contributed by atoms with Crippen molar-refractivity contribution in [3.8, 4) is 6.07 Å². The molecule has 150 valence electrons. The Kier molecular flexibility index (Phi) is 7.52. The fourth-order valence-electron chi connectivity index (χ4n) is 3.03. The molecule has 2 atom stereocenters. The van der Waals surface area contributed by atoms with Crippen LogP contribution in [0.5, 0.6) is 0 Å². The second-order valence-electron chi connectivity index (χ2n) is 6.69. The van der Waals surface area contributed by atoms with E-state index in [-0.39, 0.29) is 31.9 Å². The van der Waals surface area contributed by atoms with Gasteiger partial charge in [0.15, 0.2) is 0 Å². The molecule has 2 rings (SSSR count). The molecule has 1 aromatic carbocycles. The van der Waals surface area contributed by atoms with E-state index in [1.807, 2.05) is 13.0 Å². The molecule has 28 heavy (non-hydrogen) atoms. The SMILES string of the molecule is CCCCC(=O)N([C@H](C)C(=O)O)N1CCOC(Cc2ccc(C#N)cc2)C1=O. The summed E-state index contributed by atoms with van der Waals surface area (Å²) in [5.41, 5.74) is 1.33. The Morgan fingerprint density at radius 3 is 2.64 bits per heavy atom. The Labute approximate surface area is 164 Å². The second-order valence-corrected chi connectivity index (χ2v) is 6.69. The van der Waals surface area contributed by atoms with Crippen LogP contribution in [0.4, 0.5) is 0 Å². The van der Waals surface area contributed by atoms with Crippen LogP contribution in [0.25, 0.3) is 0 Å². The third kappa shape index (κ3) is 5.08. The fourth-order valence-corrected chi connectivity index (χ4v) is 3.03.